The largest absolute Gasteiger partial charge is 1.00 e. The molecule has 0 bridgehead atoms. The van der Waals surface area contributed by atoms with E-state index in [-0.39, 0.29) is 24.0 Å². The summed E-state index contributed by atoms with van der Waals surface area (Å²) < 4.78 is 3.42. The number of nitrogens with zero attached hydrogens (tertiary/aromatic N) is 1. The second-order valence-corrected chi connectivity index (χ2v) is 4.07. The van der Waals surface area contributed by atoms with E-state index in [0.29, 0.717) is 0 Å². The SMILES string of the molecule is C[n+]1cc(I)cc2ccccc21.[I-]. The molecule has 1 aromatic heterocycles. The van der Waals surface area contributed by atoms with Gasteiger partial charge in [0.25, 0.3) is 0 Å². The van der Waals surface area contributed by atoms with Crippen LogP contribution < -0.4 is 28.5 Å². The standard InChI is InChI=1S/C10H9IN.HI/c1-12-7-9(11)6-8-4-2-3-5-10(8)12;/h2-7H,1H3;1H/q+1;/p-1. The molecule has 0 radical (unpaired) electrons. The second-order valence-electron chi connectivity index (χ2n) is 2.83. The average Bonchev–Trinajstić information content (AvgIpc) is 2.04. The van der Waals surface area contributed by atoms with Crippen LogP contribution in [-0.2, 0) is 7.05 Å². The summed E-state index contributed by atoms with van der Waals surface area (Å²) in [5.41, 5.74) is 1.28. The van der Waals surface area contributed by atoms with E-state index in [4.69, 9.17) is 0 Å². The summed E-state index contributed by atoms with van der Waals surface area (Å²) in [5, 5.41) is 1.30. The van der Waals surface area contributed by atoms with Crippen molar-refractivity contribution in [3.8, 4) is 0 Å². The molecule has 2 aromatic rings. The van der Waals surface area contributed by atoms with Crippen LogP contribution >= 0.6 is 22.6 Å². The van der Waals surface area contributed by atoms with Crippen molar-refractivity contribution in [3.63, 3.8) is 0 Å². The van der Waals surface area contributed by atoms with Crippen LogP contribution in [0.1, 0.15) is 0 Å². The van der Waals surface area contributed by atoms with Crippen molar-refractivity contribution in [2.75, 3.05) is 0 Å². The monoisotopic (exact) mass is 397 g/mol. The van der Waals surface area contributed by atoms with Crippen molar-refractivity contribution < 1.29 is 28.5 Å². The number of hydrogen-bond donors (Lipinski definition) is 0. The van der Waals surface area contributed by atoms with Gasteiger partial charge in [-0.2, -0.15) is 4.57 Å². The summed E-state index contributed by atoms with van der Waals surface area (Å²) >= 11 is 2.33. The van der Waals surface area contributed by atoms with E-state index in [9.17, 15) is 0 Å². The number of aryl methyl sites for hydroxylation is 1. The van der Waals surface area contributed by atoms with E-state index in [2.05, 4.69) is 70.7 Å². The van der Waals surface area contributed by atoms with Gasteiger partial charge in [0.15, 0.2) is 6.20 Å². The van der Waals surface area contributed by atoms with Gasteiger partial charge in [-0.15, -0.1) is 0 Å². The van der Waals surface area contributed by atoms with Crippen molar-refractivity contribution in [1.29, 1.82) is 0 Å². The maximum atomic E-state index is 2.33. The molecule has 0 aliphatic rings. The fraction of sp³-hybridized carbons (Fsp3) is 0.100. The molecular weight excluding hydrogens is 388 g/mol. The number of hydrogen-bond acceptors (Lipinski definition) is 0. The highest BCUT2D eigenvalue weighted by Crippen LogP contribution is 2.11. The number of pyridine rings is 1. The molecule has 13 heavy (non-hydrogen) atoms. The van der Waals surface area contributed by atoms with E-state index >= 15 is 0 Å². The molecule has 1 aromatic carbocycles. The second kappa shape index (κ2) is 4.54. The minimum atomic E-state index is 0. The lowest BCUT2D eigenvalue weighted by Crippen LogP contribution is -3.00. The fourth-order valence-corrected chi connectivity index (χ4v) is 2.12. The van der Waals surface area contributed by atoms with Crippen LogP contribution in [0.4, 0.5) is 0 Å². The topological polar surface area (TPSA) is 3.88 Å². The summed E-state index contributed by atoms with van der Waals surface area (Å²) in [6.07, 6.45) is 2.13. The third kappa shape index (κ3) is 2.31. The van der Waals surface area contributed by atoms with Crippen LogP contribution in [0.15, 0.2) is 36.5 Å². The Morgan fingerprint density at radius 3 is 2.69 bits per heavy atom. The summed E-state index contributed by atoms with van der Waals surface area (Å²) in [4.78, 5) is 0. The van der Waals surface area contributed by atoms with Crippen LogP contribution in [0.2, 0.25) is 0 Å². The Bertz CT molecular complexity index is 426. The maximum Gasteiger partial charge on any atom is 0.212 e. The number of aromatic nitrogens is 1. The molecule has 1 heterocycles. The van der Waals surface area contributed by atoms with E-state index in [1.807, 2.05) is 0 Å². The van der Waals surface area contributed by atoms with Gasteiger partial charge in [0.05, 0.1) is 3.57 Å². The molecule has 0 fully saturated rings. The van der Waals surface area contributed by atoms with Gasteiger partial charge in [0.1, 0.15) is 7.05 Å². The molecule has 0 spiro atoms. The molecule has 2 rings (SSSR count). The predicted molar refractivity (Wildman–Crippen MR) is 57.8 cm³/mol. The third-order valence-electron chi connectivity index (χ3n) is 1.93. The zero-order valence-corrected chi connectivity index (χ0v) is 11.5. The van der Waals surface area contributed by atoms with Crippen molar-refractivity contribution in [3.05, 3.63) is 40.1 Å². The molecule has 68 valence electrons. The number of halogens is 2. The number of para-hydroxylation sites is 1. The van der Waals surface area contributed by atoms with Crippen molar-refractivity contribution in [2.24, 2.45) is 7.05 Å². The highest BCUT2D eigenvalue weighted by atomic mass is 127. The Morgan fingerprint density at radius 2 is 1.92 bits per heavy atom. The van der Waals surface area contributed by atoms with E-state index in [1.54, 1.807) is 0 Å². The lowest BCUT2D eigenvalue weighted by molar-refractivity contribution is -0.645. The van der Waals surface area contributed by atoms with Gasteiger partial charge in [-0.05, 0) is 34.7 Å². The Hall–Kier alpha value is 0.0900. The zero-order valence-electron chi connectivity index (χ0n) is 7.17. The normalized spacial score (nSPS) is 9.69. The van der Waals surface area contributed by atoms with Crippen molar-refractivity contribution in [2.45, 2.75) is 0 Å². The molecule has 0 aliphatic heterocycles. The van der Waals surface area contributed by atoms with Crippen molar-refractivity contribution in [1.82, 2.24) is 0 Å². The van der Waals surface area contributed by atoms with Crippen LogP contribution in [-0.4, -0.2) is 0 Å². The van der Waals surface area contributed by atoms with Gasteiger partial charge >= 0.3 is 0 Å². The van der Waals surface area contributed by atoms with E-state index in [0.717, 1.165) is 0 Å². The van der Waals surface area contributed by atoms with E-state index in [1.165, 1.54) is 14.5 Å². The Balaban J connectivity index is 0.000000845. The number of rotatable bonds is 0. The Kier molecular flexibility index (Phi) is 3.90. The minimum Gasteiger partial charge on any atom is -1.00 e. The van der Waals surface area contributed by atoms with Crippen molar-refractivity contribution >= 4 is 33.5 Å². The van der Waals surface area contributed by atoms with Gasteiger partial charge in [-0.1, -0.05) is 12.1 Å². The lowest BCUT2D eigenvalue weighted by atomic mass is 10.2. The molecule has 0 N–H and O–H groups in total. The highest BCUT2D eigenvalue weighted by molar-refractivity contribution is 14.1. The summed E-state index contributed by atoms with van der Waals surface area (Å²) in [6.45, 7) is 0. The molecule has 0 saturated carbocycles. The molecule has 0 saturated heterocycles. The van der Waals surface area contributed by atoms with Gasteiger partial charge in [-0.3, -0.25) is 0 Å². The zero-order chi connectivity index (χ0) is 8.55. The number of fused-ring (bicyclic) bond motifs is 1. The molecule has 0 atom stereocenters. The molecular formula is C10H9I2N. The van der Waals surface area contributed by atoms with Gasteiger partial charge in [0, 0.05) is 11.5 Å². The predicted octanol–water partition coefficient (Wildman–Crippen LogP) is -0.727. The molecule has 0 unspecified atom stereocenters. The minimum absolute atomic E-state index is 0. The highest BCUT2D eigenvalue weighted by Gasteiger charge is 2.03. The first-order chi connectivity index (χ1) is 5.77. The summed E-state index contributed by atoms with van der Waals surface area (Å²) in [5.74, 6) is 0. The summed E-state index contributed by atoms with van der Waals surface area (Å²) in [7, 11) is 2.07. The quantitative estimate of drug-likeness (QED) is 0.408. The number of benzene rings is 1. The molecule has 1 nitrogen and oxygen atoms in total. The third-order valence-corrected chi connectivity index (χ3v) is 2.52. The summed E-state index contributed by atoms with van der Waals surface area (Å²) in [6, 6.07) is 10.6. The van der Waals surface area contributed by atoms with Crippen LogP contribution in [0, 0.1) is 3.57 Å². The Morgan fingerprint density at radius 1 is 1.23 bits per heavy atom. The fourth-order valence-electron chi connectivity index (χ4n) is 1.37. The Labute approximate surface area is 108 Å². The average molecular weight is 397 g/mol. The first kappa shape index (κ1) is 11.2. The lowest BCUT2D eigenvalue weighted by Gasteiger charge is -1.95. The van der Waals surface area contributed by atoms with Gasteiger partial charge in [0.2, 0.25) is 5.52 Å². The first-order valence-corrected chi connectivity index (χ1v) is 4.89. The molecule has 0 amide bonds. The smallest absolute Gasteiger partial charge is 0.212 e. The van der Waals surface area contributed by atoms with Gasteiger partial charge in [-0.25, -0.2) is 0 Å². The van der Waals surface area contributed by atoms with Crippen LogP contribution in [0.5, 0.6) is 0 Å². The maximum absolute atomic E-state index is 2.33. The first-order valence-electron chi connectivity index (χ1n) is 3.81. The molecule has 3 heteroatoms. The van der Waals surface area contributed by atoms with Crippen LogP contribution in [0.3, 0.4) is 0 Å². The van der Waals surface area contributed by atoms with Gasteiger partial charge < -0.3 is 24.0 Å². The van der Waals surface area contributed by atoms with E-state index < -0.39 is 0 Å². The van der Waals surface area contributed by atoms with Crippen LogP contribution in [0.25, 0.3) is 10.9 Å². The molecule has 0 aliphatic carbocycles.